The summed E-state index contributed by atoms with van der Waals surface area (Å²) in [6.07, 6.45) is 2.89. The maximum absolute atomic E-state index is 11.9. The average Bonchev–Trinajstić information content (AvgIpc) is 2.45. The van der Waals surface area contributed by atoms with E-state index in [4.69, 9.17) is 0 Å². The van der Waals surface area contributed by atoms with Gasteiger partial charge in [-0.15, -0.1) is 0 Å². The second kappa shape index (κ2) is 8.82. The van der Waals surface area contributed by atoms with Crippen molar-refractivity contribution < 1.29 is 13.2 Å². The Morgan fingerprint density at radius 3 is 2.33 bits per heavy atom. The second-order valence-corrected chi connectivity index (χ2v) is 7.45. The Balaban J connectivity index is 2.38. The van der Waals surface area contributed by atoms with Crippen LogP contribution in [0.5, 0.6) is 0 Å². The Labute approximate surface area is 127 Å². The molecule has 0 atom stereocenters. The number of sulfone groups is 1. The molecule has 118 valence electrons. The van der Waals surface area contributed by atoms with Crippen LogP contribution in [0.25, 0.3) is 0 Å². The fourth-order valence-corrected chi connectivity index (χ4v) is 3.39. The van der Waals surface area contributed by atoms with Crippen LogP contribution in [0, 0.1) is 0 Å². The van der Waals surface area contributed by atoms with Gasteiger partial charge in [-0.2, -0.15) is 0 Å². The molecule has 0 aliphatic carbocycles. The fraction of sp³-hybridized carbons (Fsp3) is 0.562. The lowest BCUT2D eigenvalue weighted by Gasteiger charge is -2.14. The normalized spacial score (nSPS) is 11.6. The van der Waals surface area contributed by atoms with Crippen LogP contribution in [-0.2, 0) is 21.1 Å². The molecule has 0 unspecified atom stereocenters. The highest BCUT2D eigenvalue weighted by Gasteiger charge is 2.18. The van der Waals surface area contributed by atoms with E-state index in [0.29, 0.717) is 12.8 Å². The molecule has 0 aliphatic heterocycles. The van der Waals surface area contributed by atoms with Gasteiger partial charge in [0.15, 0.2) is 9.84 Å². The Morgan fingerprint density at radius 2 is 1.76 bits per heavy atom. The molecule has 0 spiro atoms. The van der Waals surface area contributed by atoms with Gasteiger partial charge in [-0.05, 0) is 31.2 Å². The Bertz CT molecular complexity index is 522. The standard InChI is InChI=1S/C16H25NO3S/c1-3-15(4-2)17-16(18)13-21(19,20)12-8-11-14-9-6-5-7-10-14/h5-7,9-10,15H,3-4,8,11-13H2,1-2H3,(H,17,18). The van der Waals surface area contributed by atoms with Gasteiger partial charge in [-0.3, -0.25) is 4.79 Å². The quantitative estimate of drug-likeness (QED) is 0.761. The van der Waals surface area contributed by atoms with Crippen molar-refractivity contribution in [2.24, 2.45) is 0 Å². The van der Waals surface area contributed by atoms with Crippen molar-refractivity contribution in [2.45, 2.75) is 45.6 Å². The first-order chi connectivity index (χ1) is 9.96. The van der Waals surface area contributed by atoms with Crippen LogP contribution in [0.2, 0.25) is 0 Å². The zero-order valence-corrected chi connectivity index (χ0v) is 13.7. The first-order valence-corrected chi connectivity index (χ1v) is 9.32. The van der Waals surface area contributed by atoms with Gasteiger partial charge in [0.25, 0.3) is 0 Å². The maximum Gasteiger partial charge on any atom is 0.235 e. The third-order valence-corrected chi connectivity index (χ3v) is 5.08. The minimum atomic E-state index is -3.33. The molecule has 0 radical (unpaired) electrons. The number of rotatable bonds is 9. The minimum Gasteiger partial charge on any atom is -0.353 e. The lowest BCUT2D eigenvalue weighted by molar-refractivity contribution is -0.119. The summed E-state index contributed by atoms with van der Waals surface area (Å²) in [5.74, 6) is -0.736. The number of amides is 1. The summed E-state index contributed by atoms with van der Waals surface area (Å²) in [5.41, 5.74) is 1.12. The molecule has 0 saturated carbocycles. The molecule has 1 aromatic rings. The highest BCUT2D eigenvalue weighted by molar-refractivity contribution is 7.92. The summed E-state index contributed by atoms with van der Waals surface area (Å²) < 4.78 is 23.9. The molecule has 1 amide bonds. The number of hydrogen-bond acceptors (Lipinski definition) is 3. The van der Waals surface area contributed by atoms with E-state index >= 15 is 0 Å². The third kappa shape index (κ3) is 7.27. The van der Waals surface area contributed by atoms with E-state index in [-0.39, 0.29) is 17.7 Å². The van der Waals surface area contributed by atoms with E-state index in [2.05, 4.69) is 5.32 Å². The number of carbonyl (C=O) groups excluding carboxylic acids is 1. The van der Waals surface area contributed by atoms with Crippen molar-refractivity contribution in [3.63, 3.8) is 0 Å². The summed E-state index contributed by atoms with van der Waals surface area (Å²) >= 11 is 0. The molecule has 0 saturated heterocycles. The molecule has 0 aromatic heterocycles. The van der Waals surface area contributed by atoms with Crippen molar-refractivity contribution in [2.75, 3.05) is 11.5 Å². The van der Waals surface area contributed by atoms with Crippen molar-refractivity contribution in [3.05, 3.63) is 35.9 Å². The first kappa shape index (κ1) is 17.7. The van der Waals surface area contributed by atoms with Crippen LogP contribution in [-0.4, -0.2) is 31.9 Å². The van der Waals surface area contributed by atoms with E-state index in [1.54, 1.807) is 0 Å². The molecular weight excluding hydrogens is 286 g/mol. The van der Waals surface area contributed by atoms with Gasteiger partial charge >= 0.3 is 0 Å². The average molecular weight is 311 g/mol. The first-order valence-electron chi connectivity index (χ1n) is 7.50. The molecule has 0 fully saturated rings. The molecule has 1 rings (SSSR count). The van der Waals surface area contributed by atoms with Gasteiger partial charge in [-0.25, -0.2) is 8.42 Å². The van der Waals surface area contributed by atoms with Crippen LogP contribution < -0.4 is 5.32 Å². The van der Waals surface area contributed by atoms with E-state index in [9.17, 15) is 13.2 Å². The molecule has 0 heterocycles. The monoisotopic (exact) mass is 311 g/mol. The van der Waals surface area contributed by atoms with Crippen molar-refractivity contribution >= 4 is 15.7 Å². The SMILES string of the molecule is CCC(CC)NC(=O)CS(=O)(=O)CCCc1ccccc1. The van der Waals surface area contributed by atoms with E-state index in [1.165, 1.54) is 0 Å². The van der Waals surface area contributed by atoms with Gasteiger partial charge < -0.3 is 5.32 Å². The summed E-state index contributed by atoms with van der Waals surface area (Å²) in [5, 5.41) is 2.76. The maximum atomic E-state index is 11.9. The highest BCUT2D eigenvalue weighted by atomic mass is 32.2. The summed E-state index contributed by atoms with van der Waals surface area (Å²) in [6.45, 7) is 3.95. The highest BCUT2D eigenvalue weighted by Crippen LogP contribution is 2.05. The molecule has 0 bridgehead atoms. The van der Waals surface area contributed by atoms with Crippen LogP contribution in [0.15, 0.2) is 30.3 Å². The lowest BCUT2D eigenvalue weighted by atomic mass is 10.1. The van der Waals surface area contributed by atoms with Crippen molar-refractivity contribution in [1.29, 1.82) is 0 Å². The number of aryl methyl sites for hydroxylation is 1. The Kier molecular flexibility index (Phi) is 7.43. The number of carbonyl (C=O) groups is 1. The molecular formula is C16H25NO3S. The number of hydrogen-bond donors (Lipinski definition) is 1. The molecule has 21 heavy (non-hydrogen) atoms. The van der Waals surface area contributed by atoms with Crippen LogP contribution >= 0.6 is 0 Å². The van der Waals surface area contributed by atoms with Crippen molar-refractivity contribution in [3.8, 4) is 0 Å². The molecule has 1 N–H and O–H groups in total. The minimum absolute atomic E-state index is 0.0538. The molecule has 1 aromatic carbocycles. The summed E-state index contributed by atoms with van der Waals surface area (Å²) in [6, 6.07) is 9.83. The zero-order chi connectivity index (χ0) is 15.7. The molecule has 4 nitrogen and oxygen atoms in total. The fourth-order valence-electron chi connectivity index (χ4n) is 2.17. The smallest absolute Gasteiger partial charge is 0.235 e. The van der Waals surface area contributed by atoms with Crippen LogP contribution in [0.3, 0.4) is 0 Å². The van der Waals surface area contributed by atoms with E-state index < -0.39 is 15.6 Å². The van der Waals surface area contributed by atoms with Crippen LogP contribution in [0.1, 0.15) is 38.7 Å². The van der Waals surface area contributed by atoms with Gasteiger partial charge in [-0.1, -0.05) is 44.2 Å². The van der Waals surface area contributed by atoms with Gasteiger partial charge in [0.2, 0.25) is 5.91 Å². The third-order valence-electron chi connectivity index (χ3n) is 3.47. The van der Waals surface area contributed by atoms with Crippen LogP contribution in [0.4, 0.5) is 0 Å². The number of nitrogens with one attached hydrogen (secondary N) is 1. The number of benzene rings is 1. The van der Waals surface area contributed by atoms with E-state index in [0.717, 1.165) is 18.4 Å². The van der Waals surface area contributed by atoms with Gasteiger partial charge in [0, 0.05) is 6.04 Å². The second-order valence-electron chi connectivity index (χ2n) is 5.26. The van der Waals surface area contributed by atoms with Crippen molar-refractivity contribution in [1.82, 2.24) is 5.32 Å². The Morgan fingerprint density at radius 1 is 1.14 bits per heavy atom. The Hall–Kier alpha value is -1.36. The van der Waals surface area contributed by atoms with E-state index in [1.807, 2.05) is 44.2 Å². The molecule has 0 aliphatic rings. The summed E-state index contributed by atoms with van der Waals surface area (Å²) in [7, 11) is -3.33. The largest absolute Gasteiger partial charge is 0.353 e. The molecule has 5 heteroatoms. The zero-order valence-electron chi connectivity index (χ0n) is 12.8. The van der Waals surface area contributed by atoms with Gasteiger partial charge in [0.05, 0.1) is 5.75 Å². The summed E-state index contributed by atoms with van der Waals surface area (Å²) in [4.78, 5) is 11.7. The lowest BCUT2D eigenvalue weighted by Crippen LogP contribution is -2.38. The predicted molar refractivity (Wildman–Crippen MR) is 85.9 cm³/mol. The van der Waals surface area contributed by atoms with Gasteiger partial charge in [0.1, 0.15) is 5.75 Å². The topological polar surface area (TPSA) is 63.2 Å². The predicted octanol–water partition coefficient (Wildman–Crippen LogP) is 2.34.